The van der Waals surface area contributed by atoms with Gasteiger partial charge in [-0.2, -0.15) is 0 Å². The molecule has 0 bridgehead atoms. The van der Waals surface area contributed by atoms with Gasteiger partial charge in [0, 0.05) is 22.7 Å². The lowest BCUT2D eigenvalue weighted by Gasteiger charge is -2.01. The summed E-state index contributed by atoms with van der Waals surface area (Å²) in [4.78, 5) is 19.0. The Kier molecular flexibility index (Phi) is 3.53. The van der Waals surface area contributed by atoms with Crippen LogP contribution in [0.15, 0.2) is 36.7 Å². The SMILES string of the molecule is O=C(O)Cn1cc(-c2nc(Cl)ncc2Cl)c2ccccc21. The Hall–Kier alpha value is -2.11. The number of carboxylic acid groups (broad SMARTS) is 1. The quantitative estimate of drug-likeness (QED) is 0.750. The topological polar surface area (TPSA) is 68.0 Å². The van der Waals surface area contributed by atoms with Crippen molar-refractivity contribution in [2.45, 2.75) is 6.54 Å². The predicted octanol–water partition coefficient (Wildman–Crippen LogP) is 3.49. The fourth-order valence-corrected chi connectivity index (χ4v) is 2.57. The second kappa shape index (κ2) is 5.35. The third-order valence-electron chi connectivity index (χ3n) is 3.06. The van der Waals surface area contributed by atoms with Gasteiger partial charge in [0.05, 0.1) is 16.9 Å². The van der Waals surface area contributed by atoms with Crippen molar-refractivity contribution in [3.8, 4) is 11.3 Å². The van der Waals surface area contributed by atoms with Crippen molar-refractivity contribution in [2.24, 2.45) is 0 Å². The second-order valence-electron chi connectivity index (χ2n) is 4.42. The summed E-state index contributed by atoms with van der Waals surface area (Å²) in [7, 11) is 0. The number of aromatic nitrogens is 3. The van der Waals surface area contributed by atoms with Gasteiger partial charge in [-0.25, -0.2) is 9.97 Å². The lowest BCUT2D eigenvalue weighted by atomic mass is 10.1. The van der Waals surface area contributed by atoms with Gasteiger partial charge in [0.2, 0.25) is 5.28 Å². The number of benzene rings is 1. The molecular formula is C14H9Cl2N3O2. The van der Waals surface area contributed by atoms with Crippen LogP contribution in [0.5, 0.6) is 0 Å². The van der Waals surface area contributed by atoms with E-state index in [1.807, 2.05) is 24.3 Å². The zero-order chi connectivity index (χ0) is 15.0. The van der Waals surface area contributed by atoms with Crippen LogP contribution in [0.2, 0.25) is 10.3 Å². The zero-order valence-electron chi connectivity index (χ0n) is 10.6. The standard InChI is InChI=1S/C14H9Cl2N3O2/c15-10-5-17-14(16)18-13(10)9-6-19(7-12(20)21)11-4-2-1-3-8(9)11/h1-6H,7H2,(H,20,21). The van der Waals surface area contributed by atoms with E-state index in [0.717, 1.165) is 16.5 Å². The van der Waals surface area contributed by atoms with E-state index in [9.17, 15) is 4.79 Å². The van der Waals surface area contributed by atoms with E-state index >= 15 is 0 Å². The molecule has 1 aromatic carbocycles. The van der Waals surface area contributed by atoms with E-state index in [-0.39, 0.29) is 11.8 Å². The van der Waals surface area contributed by atoms with Crippen LogP contribution in [0, 0.1) is 0 Å². The molecule has 0 aliphatic carbocycles. The highest BCUT2D eigenvalue weighted by atomic mass is 35.5. The molecular weight excluding hydrogens is 313 g/mol. The van der Waals surface area contributed by atoms with Gasteiger partial charge in [-0.1, -0.05) is 29.8 Å². The Bertz CT molecular complexity index is 845. The van der Waals surface area contributed by atoms with E-state index < -0.39 is 5.97 Å². The van der Waals surface area contributed by atoms with Gasteiger partial charge < -0.3 is 9.67 Å². The van der Waals surface area contributed by atoms with Crippen molar-refractivity contribution in [1.29, 1.82) is 0 Å². The van der Waals surface area contributed by atoms with Gasteiger partial charge in [0.25, 0.3) is 0 Å². The molecule has 0 radical (unpaired) electrons. The van der Waals surface area contributed by atoms with Gasteiger partial charge in [-0.05, 0) is 17.7 Å². The summed E-state index contributed by atoms with van der Waals surface area (Å²) in [5, 5.41) is 10.3. The van der Waals surface area contributed by atoms with Crippen LogP contribution in [-0.4, -0.2) is 25.6 Å². The van der Waals surface area contributed by atoms with E-state index in [4.69, 9.17) is 28.3 Å². The molecule has 2 aromatic heterocycles. The van der Waals surface area contributed by atoms with E-state index in [1.165, 1.54) is 6.20 Å². The second-order valence-corrected chi connectivity index (χ2v) is 5.16. The number of para-hydroxylation sites is 1. The molecule has 3 aromatic rings. The molecule has 0 amide bonds. The number of nitrogens with zero attached hydrogens (tertiary/aromatic N) is 3. The highest BCUT2D eigenvalue weighted by molar-refractivity contribution is 6.34. The van der Waals surface area contributed by atoms with Crippen molar-refractivity contribution in [1.82, 2.24) is 14.5 Å². The Morgan fingerprint density at radius 1 is 1.29 bits per heavy atom. The summed E-state index contributed by atoms with van der Waals surface area (Å²) in [6.07, 6.45) is 3.14. The molecule has 5 nitrogen and oxygen atoms in total. The maximum absolute atomic E-state index is 11.0. The third-order valence-corrected chi connectivity index (χ3v) is 3.52. The first-order valence-corrected chi connectivity index (χ1v) is 6.80. The van der Waals surface area contributed by atoms with E-state index in [2.05, 4.69) is 9.97 Å². The van der Waals surface area contributed by atoms with Crippen LogP contribution >= 0.6 is 23.2 Å². The molecule has 7 heteroatoms. The summed E-state index contributed by atoms with van der Waals surface area (Å²) >= 11 is 12.0. The van der Waals surface area contributed by atoms with Gasteiger partial charge in [0.15, 0.2) is 0 Å². The summed E-state index contributed by atoms with van der Waals surface area (Å²) in [6.45, 7) is -0.142. The number of carboxylic acids is 1. The molecule has 0 unspecified atom stereocenters. The maximum atomic E-state index is 11.0. The van der Waals surface area contributed by atoms with Gasteiger partial charge in [0.1, 0.15) is 6.54 Å². The molecule has 0 atom stereocenters. The normalized spacial score (nSPS) is 11.0. The number of rotatable bonds is 3. The molecule has 0 saturated heterocycles. The largest absolute Gasteiger partial charge is 0.480 e. The summed E-state index contributed by atoms with van der Waals surface area (Å²) in [5.74, 6) is -0.922. The maximum Gasteiger partial charge on any atom is 0.323 e. The lowest BCUT2D eigenvalue weighted by molar-refractivity contribution is -0.137. The minimum Gasteiger partial charge on any atom is -0.480 e. The molecule has 2 heterocycles. The van der Waals surface area contributed by atoms with Crippen LogP contribution < -0.4 is 0 Å². The number of halogens is 2. The number of hydrogen-bond acceptors (Lipinski definition) is 3. The van der Waals surface area contributed by atoms with Crippen molar-refractivity contribution in [2.75, 3.05) is 0 Å². The number of fused-ring (bicyclic) bond motifs is 1. The molecule has 0 aliphatic heterocycles. The van der Waals surface area contributed by atoms with Gasteiger partial charge >= 0.3 is 5.97 Å². The summed E-state index contributed by atoms with van der Waals surface area (Å²) in [5.41, 5.74) is 2.00. The van der Waals surface area contributed by atoms with Crippen LogP contribution in [0.1, 0.15) is 0 Å². The van der Waals surface area contributed by atoms with Crippen LogP contribution in [-0.2, 0) is 11.3 Å². The first kappa shape index (κ1) is 13.9. The van der Waals surface area contributed by atoms with E-state index in [0.29, 0.717) is 10.7 Å². The monoisotopic (exact) mass is 321 g/mol. The zero-order valence-corrected chi connectivity index (χ0v) is 12.1. The van der Waals surface area contributed by atoms with Gasteiger partial charge in [-0.3, -0.25) is 4.79 Å². The predicted molar refractivity (Wildman–Crippen MR) is 80.6 cm³/mol. The Morgan fingerprint density at radius 3 is 2.81 bits per heavy atom. The average Bonchev–Trinajstić information content (AvgIpc) is 2.80. The van der Waals surface area contributed by atoms with Crippen molar-refractivity contribution in [3.63, 3.8) is 0 Å². The van der Waals surface area contributed by atoms with Crippen LogP contribution in [0.25, 0.3) is 22.2 Å². The molecule has 3 rings (SSSR count). The molecule has 21 heavy (non-hydrogen) atoms. The fourth-order valence-electron chi connectivity index (χ4n) is 2.25. The Balaban J connectivity index is 2.27. The van der Waals surface area contributed by atoms with Crippen molar-refractivity contribution < 1.29 is 9.90 Å². The average molecular weight is 322 g/mol. The molecule has 0 fully saturated rings. The Labute approximate surface area is 129 Å². The summed E-state index contributed by atoms with van der Waals surface area (Å²) < 4.78 is 1.64. The smallest absolute Gasteiger partial charge is 0.323 e. The first-order chi connectivity index (χ1) is 10.1. The minimum absolute atomic E-state index is 0.0875. The molecule has 0 spiro atoms. The lowest BCUT2D eigenvalue weighted by Crippen LogP contribution is -2.07. The van der Waals surface area contributed by atoms with E-state index in [1.54, 1.807) is 10.8 Å². The fraction of sp³-hybridized carbons (Fsp3) is 0.0714. The van der Waals surface area contributed by atoms with Crippen molar-refractivity contribution >= 4 is 40.1 Å². The molecule has 0 saturated carbocycles. The van der Waals surface area contributed by atoms with Crippen LogP contribution in [0.4, 0.5) is 0 Å². The highest BCUT2D eigenvalue weighted by Crippen LogP contribution is 2.33. The number of hydrogen-bond donors (Lipinski definition) is 1. The molecule has 106 valence electrons. The molecule has 1 N–H and O–H groups in total. The highest BCUT2D eigenvalue weighted by Gasteiger charge is 2.15. The number of aliphatic carboxylic acids is 1. The summed E-state index contributed by atoms with van der Waals surface area (Å²) in [6, 6.07) is 7.44. The van der Waals surface area contributed by atoms with Crippen LogP contribution in [0.3, 0.4) is 0 Å². The third kappa shape index (κ3) is 2.57. The number of carbonyl (C=O) groups is 1. The molecule has 0 aliphatic rings. The van der Waals surface area contributed by atoms with Gasteiger partial charge in [-0.15, -0.1) is 0 Å². The minimum atomic E-state index is -0.922. The Morgan fingerprint density at radius 2 is 2.05 bits per heavy atom. The first-order valence-electron chi connectivity index (χ1n) is 6.04. The van der Waals surface area contributed by atoms with Crippen molar-refractivity contribution in [3.05, 3.63) is 47.0 Å².